The van der Waals surface area contributed by atoms with E-state index >= 15 is 0 Å². The fourth-order valence-electron chi connectivity index (χ4n) is 12.3. The van der Waals surface area contributed by atoms with Gasteiger partial charge in [-0.05, 0) is 141 Å². The van der Waals surface area contributed by atoms with E-state index in [1.807, 2.05) is 0 Å². The lowest BCUT2D eigenvalue weighted by atomic mass is 9.68. The SMILES string of the molecule is c1ccc(-c2ccc(N(c3ccc(-c4ccc5c(c4)c(-c4ccccc4)c(-c4ccccc4)c4ccccc45)cc3)c3ccc4c(c3)-c3ccccc3C4(c3ccccc3)c3ccccc3)c3ccccc23)cc1. The minimum Gasteiger partial charge on any atom is -0.310 e. The molecule has 0 N–H and O–H groups in total. The van der Waals surface area contributed by atoms with Crippen molar-refractivity contribution < 1.29 is 0 Å². The van der Waals surface area contributed by atoms with E-state index in [2.05, 4.69) is 302 Å². The van der Waals surface area contributed by atoms with Crippen LogP contribution in [0.15, 0.2) is 297 Å². The molecular weight excluding hydrogens is 891 g/mol. The molecule has 0 saturated carbocycles. The molecule has 0 heterocycles. The maximum atomic E-state index is 2.47. The molecule has 1 nitrogen and oxygen atoms in total. The van der Waals surface area contributed by atoms with Gasteiger partial charge in [-0.2, -0.15) is 0 Å². The maximum Gasteiger partial charge on any atom is 0.0713 e. The zero-order valence-corrected chi connectivity index (χ0v) is 40.7. The van der Waals surface area contributed by atoms with Crippen LogP contribution in [0.3, 0.4) is 0 Å². The quantitative estimate of drug-likeness (QED) is 0.130. The van der Waals surface area contributed by atoms with Crippen LogP contribution in [-0.4, -0.2) is 0 Å². The molecule has 13 aromatic carbocycles. The molecule has 1 aliphatic carbocycles. The molecule has 346 valence electrons. The van der Waals surface area contributed by atoms with Crippen molar-refractivity contribution in [3.63, 3.8) is 0 Å². The smallest absolute Gasteiger partial charge is 0.0713 e. The number of benzene rings is 13. The van der Waals surface area contributed by atoms with Crippen LogP contribution >= 0.6 is 0 Å². The van der Waals surface area contributed by atoms with Crippen LogP contribution in [0.25, 0.3) is 88.0 Å². The van der Waals surface area contributed by atoms with E-state index < -0.39 is 5.41 Å². The molecule has 0 radical (unpaired) electrons. The summed E-state index contributed by atoms with van der Waals surface area (Å²) in [6.07, 6.45) is 0. The summed E-state index contributed by atoms with van der Waals surface area (Å²) in [5.74, 6) is 0. The van der Waals surface area contributed by atoms with E-state index in [0.29, 0.717) is 0 Å². The van der Waals surface area contributed by atoms with Crippen molar-refractivity contribution in [3.05, 3.63) is 320 Å². The van der Waals surface area contributed by atoms with E-state index in [1.54, 1.807) is 0 Å². The van der Waals surface area contributed by atoms with Crippen LogP contribution in [0.2, 0.25) is 0 Å². The summed E-state index contributed by atoms with van der Waals surface area (Å²) in [6, 6.07) is 110. The van der Waals surface area contributed by atoms with E-state index in [4.69, 9.17) is 0 Å². The van der Waals surface area contributed by atoms with Gasteiger partial charge >= 0.3 is 0 Å². The Bertz CT molecular complexity index is 4160. The first kappa shape index (κ1) is 43.2. The third-order valence-corrected chi connectivity index (χ3v) is 15.5. The van der Waals surface area contributed by atoms with Gasteiger partial charge in [-0.1, -0.05) is 261 Å². The Labute approximate surface area is 432 Å². The second-order valence-electron chi connectivity index (χ2n) is 19.5. The van der Waals surface area contributed by atoms with Crippen molar-refractivity contribution >= 4 is 49.4 Å². The van der Waals surface area contributed by atoms with Crippen LogP contribution in [-0.2, 0) is 5.41 Å². The fraction of sp³-hybridized carbons (Fsp3) is 0.0137. The molecule has 0 unspecified atom stereocenters. The second kappa shape index (κ2) is 17.9. The first-order valence-corrected chi connectivity index (χ1v) is 25.7. The first-order valence-electron chi connectivity index (χ1n) is 25.7. The van der Waals surface area contributed by atoms with Crippen LogP contribution < -0.4 is 4.90 Å². The first-order chi connectivity index (χ1) is 36.7. The highest BCUT2D eigenvalue weighted by atomic mass is 15.1. The number of nitrogens with zero attached hydrogens (tertiary/aromatic N) is 1. The van der Waals surface area contributed by atoms with Gasteiger partial charge in [0.05, 0.1) is 11.1 Å². The lowest BCUT2D eigenvalue weighted by Crippen LogP contribution is -2.28. The van der Waals surface area contributed by atoms with Crippen LogP contribution in [0.4, 0.5) is 17.1 Å². The number of hydrogen-bond acceptors (Lipinski definition) is 1. The molecule has 74 heavy (non-hydrogen) atoms. The number of fused-ring (bicyclic) bond motifs is 7. The molecule has 0 saturated heterocycles. The Balaban J connectivity index is 0.968. The molecule has 0 spiro atoms. The lowest BCUT2D eigenvalue weighted by Gasteiger charge is -2.34. The largest absolute Gasteiger partial charge is 0.310 e. The average molecular weight is 940 g/mol. The van der Waals surface area contributed by atoms with Crippen molar-refractivity contribution in [2.45, 2.75) is 5.41 Å². The van der Waals surface area contributed by atoms with Crippen molar-refractivity contribution in [2.75, 3.05) is 4.90 Å². The molecule has 0 aromatic heterocycles. The van der Waals surface area contributed by atoms with Gasteiger partial charge in [0.15, 0.2) is 0 Å². The Morgan fingerprint density at radius 1 is 0.230 bits per heavy atom. The average Bonchev–Trinajstić information content (AvgIpc) is 3.85. The zero-order valence-electron chi connectivity index (χ0n) is 40.7. The minimum absolute atomic E-state index is 0.488. The standard InChI is InChI=1S/C73H49N/c1-6-22-51(23-7-1)59-45-47-70(64-35-18-16-32-60(59)64)74(58-43-46-69-66(49-58)63-34-20-21-37-68(63)73(69,55-28-12-4-13-29-55)56-30-14-5-15-31-56)57-41-38-50(39-42-57)54-40-44-62-61-33-17-19-36-65(61)71(52-24-8-2-9-25-52)72(67(62)48-54)53-26-10-3-11-27-53/h1-49H. The third kappa shape index (κ3) is 6.93. The van der Waals surface area contributed by atoms with Crippen molar-refractivity contribution in [3.8, 4) is 55.6 Å². The summed E-state index contributed by atoms with van der Waals surface area (Å²) >= 11 is 0. The van der Waals surface area contributed by atoms with Crippen LogP contribution in [0.1, 0.15) is 22.3 Å². The summed E-state index contributed by atoms with van der Waals surface area (Å²) in [7, 11) is 0. The monoisotopic (exact) mass is 939 g/mol. The van der Waals surface area contributed by atoms with Crippen LogP contribution in [0, 0.1) is 0 Å². The summed E-state index contributed by atoms with van der Waals surface area (Å²) in [5, 5.41) is 7.40. The van der Waals surface area contributed by atoms with Gasteiger partial charge in [0.1, 0.15) is 0 Å². The van der Waals surface area contributed by atoms with Gasteiger partial charge in [0, 0.05) is 16.8 Å². The van der Waals surface area contributed by atoms with Crippen molar-refractivity contribution in [1.29, 1.82) is 0 Å². The van der Waals surface area contributed by atoms with Crippen LogP contribution in [0.5, 0.6) is 0 Å². The topological polar surface area (TPSA) is 3.24 Å². The Kier molecular flexibility index (Phi) is 10.5. The predicted molar refractivity (Wildman–Crippen MR) is 313 cm³/mol. The lowest BCUT2D eigenvalue weighted by molar-refractivity contribution is 0.768. The summed E-state index contributed by atoms with van der Waals surface area (Å²) < 4.78 is 0. The fourth-order valence-corrected chi connectivity index (χ4v) is 12.3. The summed E-state index contributed by atoms with van der Waals surface area (Å²) in [4.78, 5) is 2.47. The molecule has 1 heteroatoms. The van der Waals surface area contributed by atoms with Gasteiger partial charge in [-0.25, -0.2) is 0 Å². The number of hydrogen-bond donors (Lipinski definition) is 0. The molecule has 0 fully saturated rings. The number of anilines is 3. The molecular formula is C73H49N. The highest BCUT2D eigenvalue weighted by Gasteiger charge is 2.46. The molecule has 0 amide bonds. The highest BCUT2D eigenvalue weighted by molar-refractivity contribution is 6.22. The van der Waals surface area contributed by atoms with E-state index in [1.165, 1.54) is 105 Å². The van der Waals surface area contributed by atoms with E-state index in [-0.39, 0.29) is 0 Å². The Morgan fingerprint density at radius 2 is 0.703 bits per heavy atom. The van der Waals surface area contributed by atoms with Gasteiger partial charge in [0.25, 0.3) is 0 Å². The third-order valence-electron chi connectivity index (χ3n) is 15.5. The van der Waals surface area contributed by atoms with Gasteiger partial charge < -0.3 is 4.90 Å². The molecule has 13 aromatic rings. The summed E-state index contributed by atoms with van der Waals surface area (Å²) in [5.41, 5.74) is 20.1. The minimum atomic E-state index is -0.488. The van der Waals surface area contributed by atoms with E-state index in [0.717, 1.165) is 22.6 Å². The maximum absolute atomic E-state index is 2.47. The molecule has 14 rings (SSSR count). The molecule has 1 aliphatic rings. The number of rotatable bonds is 9. The van der Waals surface area contributed by atoms with Gasteiger partial charge in [-0.15, -0.1) is 0 Å². The second-order valence-corrected chi connectivity index (χ2v) is 19.5. The molecule has 0 atom stereocenters. The summed E-state index contributed by atoms with van der Waals surface area (Å²) in [6.45, 7) is 0. The van der Waals surface area contributed by atoms with Crippen molar-refractivity contribution in [2.24, 2.45) is 0 Å². The molecule has 0 bridgehead atoms. The highest BCUT2D eigenvalue weighted by Crippen LogP contribution is 2.57. The van der Waals surface area contributed by atoms with Crippen molar-refractivity contribution in [1.82, 2.24) is 0 Å². The predicted octanol–water partition coefficient (Wildman–Crippen LogP) is 19.6. The normalized spacial score (nSPS) is 12.4. The Hall–Kier alpha value is -9.56. The van der Waals surface area contributed by atoms with Gasteiger partial charge in [0.2, 0.25) is 0 Å². The van der Waals surface area contributed by atoms with Gasteiger partial charge in [-0.3, -0.25) is 0 Å². The molecule has 0 aliphatic heterocycles. The zero-order chi connectivity index (χ0) is 49.0. The van der Waals surface area contributed by atoms with E-state index in [9.17, 15) is 0 Å². The Morgan fingerprint density at radius 3 is 1.35 bits per heavy atom.